The van der Waals surface area contributed by atoms with Gasteiger partial charge in [0.25, 0.3) is 0 Å². The number of ether oxygens (including phenoxy) is 1. The van der Waals surface area contributed by atoms with E-state index in [0.29, 0.717) is 6.10 Å². The summed E-state index contributed by atoms with van der Waals surface area (Å²) in [6.45, 7) is 15.3. The van der Waals surface area contributed by atoms with E-state index in [0.717, 1.165) is 7.28 Å². The highest BCUT2D eigenvalue weighted by atomic mass is 16.5. The van der Waals surface area contributed by atoms with Gasteiger partial charge in [-0.2, -0.15) is 0 Å². The topological polar surface area (TPSA) is 9.23 Å². The van der Waals surface area contributed by atoms with E-state index in [-0.39, 0.29) is 10.9 Å². The minimum absolute atomic E-state index is 0.0318. The van der Waals surface area contributed by atoms with Gasteiger partial charge >= 0.3 is 0 Å². The van der Waals surface area contributed by atoms with Crippen LogP contribution in [0.5, 0.6) is 0 Å². The van der Waals surface area contributed by atoms with Crippen molar-refractivity contribution in [1.29, 1.82) is 0 Å². The maximum atomic E-state index is 5.89. The molecule has 0 atom stereocenters. The summed E-state index contributed by atoms with van der Waals surface area (Å²) < 4.78 is 5.89. The third-order valence-corrected chi connectivity index (χ3v) is 3.04. The first kappa shape index (κ1) is 12.0. The van der Waals surface area contributed by atoms with E-state index >= 15 is 0 Å². The lowest BCUT2D eigenvalue weighted by atomic mass is 9.49. The summed E-state index contributed by atoms with van der Waals surface area (Å²) in [5.74, 6) is 0. The third-order valence-electron chi connectivity index (χ3n) is 3.04. The van der Waals surface area contributed by atoms with Crippen LogP contribution in [-0.2, 0) is 4.74 Å². The maximum Gasteiger partial charge on any atom is 0.127 e. The second-order valence-electron chi connectivity index (χ2n) is 4.91. The number of hydrogen-bond acceptors (Lipinski definition) is 1. The Morgan fingerprint density at radius 1 is 1.08 bits per heavy atom. The van der Waals surface area contributed by atoms with Crippen LogP contribution >= 0.6 is 0 Å². The van der Waals surface area contributed by atoms with Crippen molar-refractivity contribution in [3.8, 4) is 0 Å². The average Bonchev–Trinajstić information content (AvgIpc) is 1.84. The molecule has 0 spiro atoms. The predicted molar refractivity (Wildman–Crippen MR) is 57.4 cm³/mol. The van der Waals surface area contributed by atoms with Crippen molar-refractivity contribution < 1.29 is 4.74 Å². The highest BCUT2D eigenvalue weighted by Crippen LogP contribution is 2.40. The van der Waals surface area contributed by atoms with Crippen LogP contribution in [0.1, 0.15) is 41.5 Å². The first-order chi connectivity index (χ1) is 5.23. The summed E-state index contributed by atoms with van der Waals surface area (Å²) in [7, 11) is 1.15. The Bertz CT molecular complexity index is 139. The fourth-order valence-electron chi connectivity index (χ4n) is 1.17. The Hall–Kier alpha value is 0.0249. The lowest BCUT2D eigenvalue weighted by Crippen LogP contribution is -2.41. The van der Waals surface area contributed by atoms with Crippen molar-refractivity contribution in [3.05, 3.63) is 0 Å². The SMILES string of the molecule is CBC(C)(C)C(C)(C)OC(C)C. The molecule has 0 heterocycles. The van der Waals surface area contributed by atoms with E-state index in [4.69, 9.17) is 4.74 Å². The monoisotopic (exact) mass is 170 g/mol. The van der Waals surface area contributed by atoms with Gasteiger partial charge in [-0.25, -0.2) is 0 Å². The molecule has 0 unspecified atom stereocenters. The molecule has 1 nitrogen and oxygen atoms in total. The normalized spacial score (nSPS) is 13.7. The Balaban J connectivity index is 4.37. The summed E-state index contributed by atoms with van der Waals surface area (Å²) in [6, 6.07) is 0. The van der Waals surface area contributed by atoms with Gasteiger partial charge in [0, 0.05) is 0 Å². The zero-order valence-corrected chi connectivity index (χ0v) is 9.69. The summed E-state index contributed by atoms with van der Waals surface area (Å²) in [5, 5.41) is 0.247. The minimum Gasteiger partial charge on any atom is -0.373 e. The fourth-order valence-corrected chi connectivity index (χ4v) is 1.17. The van der Waals surface area contributed by atoms with Gasteiger partial charge in [0.1, 0.15) is 7.28 Å². The van der Waals surface area contributed by atoms with Crippen molar-refractivity contribution >= 4 is 7.28 Å². The summed E-state index contributed by atoms with van der Waals surface area (Å²) in [4.78, 5) is 0. The van der Waals surface area contributed by atoms with Crippen LogP contribution in [0.3, 0.4) is 0 Å². The van der Waals surface area contributed by atoms with E-state index < -0.39 is 0 Å². The predicted octanol–water partition coefficient (Wildman–Crippen LogP) is 2.87. The van der Waals surface area contributed by atoms with Gasteiger partial charge in [-0.05, 0) is 33.0 Å². The lowest BCUT2D eigenvalue weighted by Gasteiger charge is -2.42. The molecule has 0 amide bonds. The van der Waals surface area contributed by atoms with Crippen LogP contribution in [0.15, 0.2) is 0 Å². The highest BCUT2D eigenvalue weighted by molar-refractivity contribution is 6.38. The largest absolute Gasteiger partial charge is 0.373 e. The third kappa shape index (κ3) is 2.82. The Kier molecular flexibility index (Phi) is 3.83. The Labute approximate surface area is 78.1 Å². The molecule has 0 aliphatic carbocycles. The van der Waals surface area contributed by atoms with Gasteiger partial charge in [0.2, 0.25) is 0 Å². The van der Waals surface area contributed by atoms with Gasteiger partial charge in [-0.15, -0.1) is 0 Å². The molecule has 0 aromatic heterocycles. The van der Waals surface area contributed by atoms with Crippen molar-refractivity contribution in [2.24, 2.45) is 0 Å². The van der Waals surface area contributed by atoms with E-state index in [9.17, 15) is 0 Å². The minimum atomic E-state index is -0.0318. The molecule has 0 bridgehead atoms. The summed E-state index contributed by atoms with van der Waals surface area (Å²) >= 11 is 0. The molecule has 0 saturated heterocycles. The van der Waals surface area contributed by atoms with Crippen LogP contribution in [0.2, 0.25) is 12.1 Å². The fraction of sp³-hybridized carbons (Fsp3) is 1.00. The zero-order chi connectivity index (χ0) is 9.99. The average molecular weight is 170 g/mol. The van der Waals surface area contributed by atoms with Crippen LogP contribution in [0.25, 0.3) is 0 Å². The standard InChI is InChI=1S/C10H23BO/c1-8(2)12-10(5,6)9(3,4)11-7/h8,11H,1-7H3. The first-order valence-corrected chi connectivity index (χ1v) is 4.91. The van der Waals surface area contributed by atoms with Crippen LogP contribution in [0.4, 0.5) is 0 Å². The second-order valence-corrected chi connectivity index (χ2v) is 4.91. The molecule has 72 valence electrons. The van der Waals surface area contributed by atoms with Crippen molar-refractivity contribution in [3.63, 3.8) is 0 Å². The lowest BCUT2D eigenvalue weighted by molar-refractivity contribution is -0.0782. The van der Waals surface area contributed by atoms with Gasteiger partial charge in [0.15, 0.2) is 0 Å². The molecule has 0 rings (SSSR count). The second kappa shape index (κ2) is 3.82. The Morgan fingerprint density at radius 2 is 1.50 bits per heavy atom. The maximum absolute atomic E-state index is 5.89. The molecule has 0 aliphatic rings. The van der Waals surface area contributed by atoms with Crippen LogP contribution < -0.4 is 0 Å². The highest BCUT2D eigenvalue weighted by Gasteiger charge is 2.37. The summed E-state index contributed by atoms with van der Waals surface area (Å²) in [5.41, 5.74) is -0.0318. The van der Waals surface area contributed by atoms with Gasteiger partial charge in [-0.1, -0.05) is 20.7 Å². The van der Waals surface area contributed by atoms with E-state index in [1.54, 1.807) is 0 Å². The van der Waals surface area contributed by atoms with Crippen molar-refractivity contribution in [2.75, 3.05) is 0 Å². The molecule has 0 aromatic rings. The summed E-state index contributed by atoms with van der Waals surface area (Å²) in [6.07, 6.45) is 0.311. The van der Waals surface area contributed by atoms with Crippen molar-refractivity contribution in [2.45, 2.75) is 65.4 Å². The van der Waals surface area contributed by atoms with Gasteiger partial charge in [-0.3, -0.25) is 0 Å². The van der Waals surface area contributed by atoms with E-state index in [1.807, 2.05) is 0 Å². The molecular formula is C10H23BO. The zero-order valence-electron chi connectivity index (χ0n) is 9.69. The molecule has 0 N–H and O–H groups in total. The molecule has 2 heteroatoms. The first-order valence-electron chi connectivity index (χ1n) is 4.91. The molecule has 0 radical (unpaired) electrons. The molecule has 0 aliphatic heterocycles. The molecule has 0 aromatic carbocycles. The van der Waals surface area contributed by atoms with Gasteiger partial charge < -0.3 is 4.74 Å². The number of hydrogen-bond donors (Lipinski definition) is 0. The molecular weight excluding hydrogens is 147 g/mol. The quantitative estimate of drug-likeness (QED) is 0.589. The van der Waals surface area contributed by atoms with Crippen molar-refractivity contribution in [1.82, 2.24) is 0 Å². The van der Waals surface area contributed by atoms with E-state index in [1.165, 1.54) is 0 Å². The molecule has 0 fully saturated rings. The molecule has 12 heavy (non-hydrogen) atoms. The molecule has 0 saturated carbocycles. The Morgan fingerprint density at radius 3 is 1.75 bits per heavy atom. The smallest absolute Gasteiger partial charge is 0.127 e. The van der Waals surface area contributed by atoms with Crippen LogP contribution in [-0.4, -0.2) is 19.0 Å². The van der Waals surface area contributed by atoms with Crippen LogP contribution in [0, 0.1) is 0 Å². The van der Waals surface area contributed by atoms with E-state index in [2.05, 4.69) is 48.4 Å². The van der Waals surface area contributed by atoms with Gasteiger partial charge in [0.05, 0.1) is 11.7 Å². The number of rotatable bonds is 4.